The molecule has 0 saturated heterocycles. The van der Waals surface area contributed by atoms with E-state index in [-0.39, 0.29) is 17.5 Å². The number of hydrogen-bond acceptors (Lipinski definition) is 2. The Kier molecular flexibility index (Phi) is 4.30. The molecule has 0 spiro atoms. The number of nitrogens with one attached hydrogen (secondary N) is 1. The molecule has 1 N–H and O–H groups in total. The van der Waals surface area contributed by atoms with Gasteiger partial charge in [-0.1, -0.05) is 23.2 Å². The summed E-state index contributed by atoms with van der Waals surface area (Å²) in [4.78, 5) is 11.9. The van der Waals surface area contributed by atoms with Crippen molar-refractivity contribution in [3.8, 4) is 0 Å². The van der Waals surface area contributed by atoms with Crippen LogP contribution < -0.4 is 5.32 Å². The Morgan fingerprint density at radius 2 is 2.10 bits per heavy atom. The molecule has 20 heavy (non-hydrogen) atoms. The van der Waals surface area contributed by atoms with Gasteiger partial charge in [-0.15, -0.1) is 0 Å². The average Bonchev–Trinajstić information content (AvgIpc) is 2.61. The molecule has 0 aliphatic heterocycles. The van der Waals surface area contributed by atoms with Gasteiger partial charge in [0.1, 0.15) is 12.4 Å². The fourth-order valence-corrected chi connectivity index (χ4v) is 2.10. The van der Waals surface area contributed by atoms with Crippen molar-refractivity contribution >= 4 is 34.8 Å². The van der Waals surface area contributed by atoms with Gasteiger partial charge in [-0.2, -0.15) is 5.10 Å². The largest absolute Gasteiger partial charge is 0.323 e. The summed E-state index contributed by atoms with van der Waals surface area (Å²) in [6.45, 7) is 3.55. The summed E-state index contributed by atoms with van der Waals surface area (Å²) < 4.78 is 14.4. The number of anilines is 1. The van der Waals surface area contributed by atoms with Crippen LogP contribution in [-0.2, 0) is 11.3 Å². The van der Waals surface area contributed by atoms with Gasteiger partial charge in [0.05, 0.1) is 27.1 Å². The van der Waals surface area contributed by atoms with Crippen molar-refractivity contribution in [2.24, 2.45) is 0 Å². The van der Waals surface area contributed by atoms with Crippen LogP contribution in [0.15, 0.2) is 18.2 Å². The van der Waals surface area contributed by atoms with Gasteiger partial charge in [-0.05, 0) is 32.0 Å². The Morgan fingerprint density at radius 1 is 1.40 bits per heavy atom. The van der Waals surface area contributed by atoms with E-state index in [0.717, 1.165) is 6.07 Å². The molecule has 0 aliphatic rings. The van der Waals surface area contributed by atoms with Gasteiger partial charge in [-0.25, -0.2) is 4.39 Å². The molecule has 4 nitrogen and oxygen atoms in total. The van der Waals surface area contributed by atoms with Crippen molar-refractivity contribution in [1.29, 1.82) is 0 Å². The van der Waals surface area contributed by atoms with E-state index in [2.05, 4.69) is 10.4 Å². The van der Waals surface area contributed by atoms with E-state index in [1.54, 1.807) is 13.8 Å². The molecule has 0 aliphatic carbocycles. The first-order valence-electron chi connectivity index (χ1n) is 5.83. The zero-order valence-electron chi connectivity index (χ0n) is 10.9. The molecule has 0 bridgehead atoms. The number of hydrogen-bond donors (Lipinski definition) is 1. The van der Waals surface area contributed by atoms with Crippen LogP contribution >= 0.6 is 23.2 Å². The Bertz CT molecular complexity index is 670. The molecule has 1 aromatic heterocycles. The minimum atomic E-state index is -0.460. The lowest BCUT2D eigenvalue weighted by Crippen LogP contribution is -2.20. The molecule has 0 unspecified atom stereocenters. The lowest BCUT2D eigenvalue weighted by atomic mass is 10.3. The van der Waals surface area contributed by atoms with E-state index in [1.165, 1.54) is 16.8 Å². The van der Waals surface area contributed by atoms with Crippen LogP contribution in [0.2, 0.25) is 10.0 Å². The van der Waals surface area contributed by atoms with Gasteiger partial charge >= 0.3 is 0 Å². The zero-order chi connectivity index (χ0) is 14.9. The second-order valence-corrected chi connectivity index (χ2v) is 5.10. The summed E-state index contributed by atoms with van der Waals surface area (Å²) in [7, 11) is 0. The van der Waals surface area contributed by atoms with Crippen molar-refractivity contribution in [3.05, 3.63) is 45.4 Å². The van der Waals surface area contributed by atoms with Crippen LogP contribution in [0.25, 0.3) is 0 Å². The number of nitrogens with zero attached hydrogens (tertiary/aromatic N) is 2. The number of amides is 1. The SMILES string of the molecule is Cc1nn(CC(=O)Nc2ccc(F)cc2Cl)c(C)c1Cl. The van der Waals surface area contributed by atoms with Crippen molar-refractivity contribution in [3.63, 3.8) is 0 Å². The molecule has 1 heterocycles. The van der Waals surface area contributed by atoms with Gasteiger partial charge in [0.15, 0.2) is 0 Å². The summed E-state index contributed by atoms with van der Waals surface area (Å²) in [5.41, 5.74) is 1.73. The predicted octanol–water partition coefficient (Wildman–Crippen LogP) is 3.58. The second-order valence-electron chi connectivity index (χ2n) is 4.31. The van der Waals surface area contributed by atoms with E-state index in [1.807, 2.05) is 0 Å². The molecule has 1 amide bonds. The number of rotatable bonds is 3. The highest BCUT2D eigenvalue weighted by atomic mass is 35.5. The Balaban J connectivity index is 2.11. The third kappa shape index (κ3) is 3.11. The maximum absolute atomic E-state index is 12.9. The summed E-state index contributed by atoms with van der Waals surface area (Å²) in [5, 5.41) is 7.44. The van der Waals surface area contributed by atoms with E-state index in [0.29, 0.717) is 22.1 Å². The molecule has 2 rings (SSSR count). The normalized spacial score (nSPS) is 10.7. The molecule has 0 fully saturated rings. The van der Waals surface area contributed by atoms with Crippen molar-refractivity contribution in [2.45, 2.75) is 20.4 Å². The van der Waals surface area contributed by atoms with E-state index in [9.17, 15) is 9.18 Å². The third-order valence-electron chi connectivity index (χ3n) is 2.79. The first kappa shape index (κ1) is 14.8. The topological polar surface area (TPSA) is 46.9 Å². The van der Waals surface area contributed by atoms with Crippen LogP contribution in [0, 0.1) is 19.7 Å². The van der Waals surface area contributed by atoms with E-state index in [4.69, 9.17) is 23.2 Å². The van der Waals surface area contributed by atoms with Gasteiger partial charge in [0.2, 0.25) is 5.91 Å². The third-order valence-corrected chi connectivity index (χ3v) is 3.65. The Hall–Kier alpha value is -1.59. The number of carbonyl (C=O) groups excluding carboxylic acids is 1. The molecule has 0 saturated carbocycles. The van der Waals surface area contributed by atoms with E-state index >= 15 is 0 Å². The van der Waals surface area contributed by atoms with Gasteiger partial charge in [-0.3, -0.25) is 9.48 Å². The summed E-state index contributed by atoms with van der Waals surface area (Å²) in [5.74, 6) is -0.779. The smallest absolute Gasteiger partial charge is 0.246 e. The molecule has 1 aromatic carbocycles. The monoisotopic (exact) mass is 315 g/mol. The number of halogens is 3. The highest BCUT2D eigenvalue weighted by molar-refractivity contribution is 6.33. The standard InChI is InChI=1S/C13H12Cl2FN3O/c1-7-13(15)8(2)19(18-7)6-12(20)17-11-4-3-9(16)5-10(11)14/h3-5H,6H2,1-2H3,(H,17,20). The minimum absolute atomic E-state index is 0.00704. The molecule has 2 aromatic rings. The minimum Gasteiger partial charge on any atom is -0.323 e. The second kappa shape index (κ2) is 5.81. The summed E-state index contributed by atoms with van der Waals surface area (Å²) >= 11 is 11.8. The van der Waals surface area contributed by atoms with E-state index < -0.39 is 5.82 Å². The molecule has 0 radical (unpaired) electrons. The number of aryl methyl sites for hydroxylation is 1. The summed E-state index contributed by atoms with van der Waals surface area (Å²) in [6, 6.07) is 3.77. The van der Waals surface area contributed by atoms with Crippen LogP contribution in [0.4, 0.5) is 10.1 Å². The zero-order valence-corrected chi connectivity index (χ0v) is 12.4. The van der Waals surface area contributed by atoms with Gasteiger partial charge < -0.3 is 5.32 Å². The maximum atomic E-state index is 12.9. The number of aromatic nitrogens is 2. The number of benzene rings is 1. The van der Waals surface area contributed by atoms with Gasteiger partial charge in [0, 0.05) is 0 Å². The quantitative estimate of drug-likeness (QED) is 0.941. The Labute approximate surface area is 125 Å². The first-order chi connectivity index (χ1) is 9.38. The highest BCUT2D eigenvalue weighted by Gasteiger charge is 2.13. The summed E-state index contributed by atoms with van der Waals surface area (Å²) in [6.07, 6.45) is 0. The van der Waals surface area contributed by atoms with Crippen LogP contribution in [0.3, 0.4) is 0 Å². The highest BCUT2D eigenvalue weighted by Crippen LogP contribution is 2.23. The molecule has 7 heteroatoms. The molecule has 0 atom stereocenters. The fraction of sp³-hybridized carbons (Fsp3) is 0.231. The number of carbonyl (C=O) groups is 1. The van der Waals surface area contributed by atoms with Crippen LogP contribution in [0.5, 0.6) is 0 Å². The predicted molar refractivity (Wildman–Crippen MR) is 76.8 cm³/mol. The Morgan fingerprint density at radius 3 is 2.65 bits per heavy atom. The van der Waals surface area contributed by atoms with Crippen LogP contribution in [-0.4, -0.2) is 15.7 Å². The van der Waals surface area contributed by atoms with Crippen LogP contribution in [0.1, 0.15) is 11.4 Å². The van der Waals surface area contributed by atoms with Crippen molar-refractivity contribution in [1.82, 2.24) is 9.78 Å². The molecular formula is C13H12Cl2FN3O. The molecule has 106 valence electrons. The fourth-order valence-electron chi connectivity index (χ4n) is 1.75. The maximum Gasteiger partial charge on any atom is 0.246 e. The van der Waals surface area contributed by atoms with Gasteiger partial charge in [0.25, 0.3) is 0 Å². The average molecular weight is 316 g/mol. The molecular weight excluding hydrogens is 304 g/mol. The van der Waals surface area contributed by atoms with Crippen molar-refractivity contribution in [2.75, 3.05) is 5.32 Å². The lowest BCUT2D eigenvalue weighted by molar-refractivity contribution is -0.116. The lowest BCUT2D eigenvalue weighted by Gasteiger charge is -2.08. The first-order valence-corrected chi connectivity index (χ1v) is 6.58. The van der Waals surface area contributed by atoms with Crippen molar-refractivity contribution < 1.29 is 9.18 Å².